The second kappa shape index (κ2) is 7.48. The number of sulfonamides is 1. The molecule has 9 heteroatoms. The number of nitrogens with zero attached hydrogens (tertiary/aromatic N) is 5. The van der Waals surface area contributed by atoms with Gasteiger partial charge in [0, 0.05) is 25.3 Å². The molecule has 0 amide bonds. The van der Waals surface area contributed by atoms with Crippen molar-refractivity contribution in [2.45, 2.75) is 25.8 Å². The van der Waals surface area contributed by atoms with Crippen LogP contribution in [0, 0.1) is 5.92 Å². The molecule has 1 aliphatic heterocycles. The number of para-hydroxylation sites is 2. The summed E-state index contributed by atoms with van der Waals surface area (Å²) < 4.78 is 27.2. The van der Waals surface area contributed by atoms with E-state index >= 15 is 0 Å². The fourth-order valence-corrected chi connectivity index (χ4v) is 4.62. The number of benzene rings is 1. The lowest BCUT2D eigenvalue weighted by Crippen LogP contribution is -2.44. The number of rotatable bonds is 5. The summed E-state index contributed by atoms with van der Waals surface area (Å²) in [6, 6.07) is 9.79. The molecule has 0 aliphatic carbocycles. The number of piperidine rings is 1. The molecule has 8 nitrogen and oxygen atoms in total. The molecule has 0 bridgehead atoms. The lowest BCUT2D eigenvalue weighted by Gasteiger charge is -2.34. The van der Waals surface area contributed by atoms with E-state index in [2.05, 4.69) is 27.2 Å². The van der Waals surface area contributed by atoms with Crippen molar-refractivity contribution in [3.05, 3.63) is 42.9 Å². The number of fused-ring (bicyclic) bond motifs is 1. The van der Waals surface area contributed by atoms with Crippen LogP contribution in [0.4, 0.5) is 5.95 Å². The van der Waals surface area contributed by atoms with E-state index in [4.69, 9.17) is 0 Å². The highest BCUT2D eigenvalue weighted by Crippen LogP contribution is 2.23. The first kappa shape index (κ1) is 18.8. The zero-order valence-corrected chi connectivity index (χ0v) is 16.8. The van der Waals surface area contributed by atoms with Gasteiger partial charge in [-0.15, -0.1) is 0 Å². The largest absolute Gasteiger partial charge is 0.351 e. The molecule has 1 aromatic carbocycles. The van der Waals surface area contributed by atoms with E-state index in [0.29, 0.717) is 19.0 Å². The first-order valence-corrected chi connectivity index (χ1v) is 11.2. The molecule has 1 saturated heterocycles. The van der Waals surface area contributed by atoms with E-state index in [1.165, 1.54) is 6.26 Å². The van der Waals surface area contributed by atoms with Crippen molar-refractivity contribution < 1.29 is 8.42 Å². The molecular formula is C19H24N6O2S. The number of anilines is 1. The maximum absolute atomic E-state index is 11.9. The smallest absolute Gasteiger partial charge is 0.224 e. The summed E-state index contributed by atoms with van der Waals surface area (Å²) in [5, 5.41) is 3.36. The summed E-state index contributed by atoms with van der Waals surface area (Å²) in [5.74, 6) is 1.48. The lowest BCUT2D eigenvalue weighted by molar-refractivity contribution is 0.251. The zero-order chi connectivity index (χ0) is 19.7. The number of nitrogens with one attached hydrogen (secondary N) is 1. The van der Waals surface area contributed by atoms with Gasteiger partial charge in [-0.1, -0.05) is 12.1 Å². The summed E-state index contributed by atoms with van der Waals surface area (Å²) in [4.78, 5) is 13.4. The highest BCUT2D eigenvalue weighted by molar-refractivity contribution is 7.88. The van der Waals surface area contributed by atoms with E-state index in [1.54, 1.807) is 16.8 Å². The molecule has 1 fully saturated rings. The van der Waals surface area contributed by atoms with Crippen LogP contribution in [0.25, 0.3) is 16.9 Å². The van der Waals surface area contributed by atoms with Crippen LogP contribution in [-0.4, -0.2) is 57.6 Å². The van der Waals surface area contributed by atoms with Crippen molar-refractivity contribution >= 4 is 27.0 Å². The molecule has 2 unspecified atom stereocenters. The Labute approximate surface area is 164 Å². The van der Waals surface area contributed by atoms with Crippen LogP contribution in [0.15, 0.2) is 42.9 Å². The summed E-state index contributed by atoms with van der Waals surface area (Å²) in [7, 11) is -3.16. The Morgan fingerprint density at radius 3 is 2.86 bits per heavy atom. The average molecular weight is 401 g/mol. The van der Waals surface area contributed by atoms with E-state index in [9.17, 15) is 8.42 Å². The van der Waals surface area contributed by atoms with Crippen LogP contribution in [-0.2, 0) is 10.0 Å². The Bertz CT molecular complexity index is 1080. The third kappa shape index (κ3) is 3.85. The number of aromatic nitrogens is 4. The normalized spacial score (nSPS) is 19.6. The SMILES string of the molecule is CC(Nc1nccc(-n2cnc3ccccc32)n1)C1CCCN(S(C)(=O)=O)C1. The second-order valence-electron chi connectivity index (χ2n) is 7.30. The molecule has 2 aromatic heterocycles. The number of hydrogen-bond acceptors (Lipinski definition) is 6. The number of hydrogen-bond donors (Lipinski definition) is 1. The summed E-state index contributed by atoms with van der Waals surface area (Å²) >= 11 is 0. The van der Waals surface area contributed by atoms with Gasteiger partial charge >= 0.3 is 0 Å². The van der Waals surface area contributed by atoms with Crippen LogP contribution in [0.1, 0.15) is 19.8 Å². The van der Waals surface area contributed by atoms with Gasteiger partial charge in [0.15, 0.2) is 0 Å². The highest BCUT2D eigenvalue weighted by Gasteiger charge is 2.29. The molecule has 0 saturated carbocycles. The fraction of sp³-hybridized carbons (Fsp3) is 0.421. The Morgan fingerprint density at radius 2 is 2.04 bits per heavy atom. The molecule has 148 valence electrons. The molecule has 1 N–H and O–H groups in total. The third-order valence-electron chi connectivity index (χ3n) is 5.29. The number of imidazole rings is 1. The van der Waals surface area contributed by atoms with E-state index in [1.807, 2.05) is 34.9 Å². The lowest BCUT2D eigenvalue weighted by atomic mass is 9.93. The minimum absolute atomic E-state index is 0.0549. The Hall–Kier alpha value is -2.52. The van der Waals surface area contributed by atoms with Gasteiger partial charge < -0.3 is 5.32 Å². The fourth-order valence-electron chi connectivity index (χ4n) is 3.70. The quantitative estimate of drug-likeness (QED) is 0.706. The van der Waals surface area contributed by atoms with E-state index in [0.717, 1.165) is 29.7 Å². The summed E-state index contributed by atoms with van der Waals surface area (Å²) in [6.07, 6.45) is 6.59. The molecule has 3 heterocycles. The molecule has 3 aromatic rings. The summed E-state index contributed by atoms with van der Waals surface area (Å²) in [6.45, 7) is 3.18. The maximum Gasteiger partial charge on any atom is 0.224 e. The molecule has 2 atom stereocenters. The second-order valence-corrected chi connectivity index (χ2v) is 9.28. The molecule has 0 spiro atoms. The van der Waals surface area contributed by atoms with Gasteiger partial charge in [-0.2, -0.15) is 4.98 Å². The minimum atomic E-state index is -3.16. The average Bonchev–Trinajstić information content (AvgIpc) is 3.12. The molecular weight excluding hydrogens is 376 g/mol. The van der Waals surface area contributed by atoms with Gasteiger partial charge in [-0.05, 0) is 43.9 Å². The first-order chi connectivity index (χ1) is 13.4. The Morgan fingerprint density at radius 1 is 1.21 bits per heavy atom. The van der Waals surface area contributed by atoms with E-state index < -0.39 is 10.0 Å². The Balaban J connectivity index is 1.52. The van der Waals surface area contributed by atoms with Crippen molar-refractivity contribution in [1.29, 1.82) is 0 Å². The van der Waals surface area contributed by atoms with Gasteiger partial charge in [0.25, 0.3) is 0 Å². The van der Waals surface area contributed by atoms with Crippen LogP contribution in [0.3, 0.4) is 0 Å². The van der Waals surface area contributed by atoms with E-state index in [-0.39, 0.29) is 12.0 Å². The van der Waals surface area contributed by atoms with Crippen molar-refractivity contribution in [3.63, 3.8) is 0 Å². The molecule has 28 heavy (non-hydrogen) atoms. The predicted molar refractivity (Wildman–Crippen MR) is 109 cm³/mol. The van der Waals surface area contributed by atoms with Crippen molar-refractivity contribution in [2.75, 3.05) is 24.7 Å². The van der Waals surface area contributed by atoms with Crippen LogP contribution < -0.4 is 5.32 Å². The van der Waals surface area contributed by atoms with Gasteiger partial charge in [-0.3, -0.25) is 4.57 Å². The maximum atomic E-state index is 11.9. The Kier molecular flexibility index (Phi) is 5.03. The standard InChI is InChI=1S/C19H24N6O2S/c1-14(15-6-5-11-24(12-15)28(2,26)27)22-19-20-10-9-18(23-19)25-13-21-16-7-3-4-8-17(16)25/h3-4,7-10,13-15H,5-6,11-12H2,1-2H3,(H,20,22,23). The third-order valence-corrected chi connectivity index (χ3v) is 6.56. The van der Waals surface area contributed by atoms with Crippen LogP contribution >= 0.6 is 0 Å². The van der Waals surface area contributed by atoms with Crippen LogP contribution in [0.2, 0.25) is 0 Å². The molecule has 0 radical (unpaired) electrons. The summed E-state index contributed by atoms with van der Waals surface area (Å²) in [5.41, 5.74) is 1.89. The van der Waals surface area contributed by atoms with Gasteiger partial charge in [0.1, 0.15) is 12.1 Å². The minimum Gasteiger partial charge on any atom is -0.351 e. The van der Waals surface area contributed by atoms with Crippen LogP contribution in [0.5, 0.6) is 0 Å². The predicted octanol–water partition coefficient (Wildman–Crippen LogP) is 2.29. The zero-order valence-electron chi connectivity index (χ0n) is 16.0. The van der Waals surface area contributed by atoms with Gasteiger partial charge in [0.05, 0.1) is 17.3 Å². The van der Waals surface area contributed by atoms with Gasteiger partial charge in [-0.25, -0.2) is 22.7 Å². The molecule has 4 rings (SSSR count). The first-order valence-electron chi connectivity index (χ1n) is 9.39. The monoisotopic (exact) mass is 400 g/mol. The van der Waals surface area contributed by atoms with Crippen molar-refractivity contribution in [1.82, 2.24) is 23.8 Å². The topological polar surface area (TPSA) is 93.0 Å². The molecule has 1 aliphatic rings. The highest BCUT2D eigenvalue weighted by atomic mass is 32.2. The van der Waals surface area contributed by atoms with Gasteiger partial charge in [0.2, 0.25) is 16.0 Å². The van der Waals surface area contributed by atoms with Crippen molar-refractivity contribution in [2.24, 2.45) is 5.92 Å². The van der Waals surface area contributed by atoms with Crippen molar-refractivity contribution in [3.8, 4) is 5.82 Å².